The summed E-state index contributed by atoms with van der Waals surface area (Å²) in [5.41, 5.74) is 1.16. The van der Waals surface area contributed by atoms with E-state index < -0.39 is 0 Å². The lowest BCUT2D eigenvalue weighted by Gasteiger charge is -2.24. The van der Waals surface area contributed by atoms with Crippen LogP contribution < -0.4 is 4.90 Å². The summed E-state index contributed by atoms with van der Waals surface area (Å²) in [5, 5.41) is 0. The number of pyridine rings is 1. The Balaban J connectivity index is 2.16. The zero-order chi connectivity index (χ0) is 13.8. The third-order valence-electron chi connectivity index (χ3n) is 3.90. The molecule has 0 radical (unpaired) electrons. The smallest absolute Gasteiger partial charge is 0.219 e. The van der Waals surface area contributed by atoms with E-state index in [4.69, 9.17) is 0 Å². The monoisotopic (exact) mass is 261 g/mol. The molecule has 0 spiro atoms. The molecule has 0 aliphatic carbocycles. The molecule has 2 rings (SSSR count). The van der Waals surface area contributed by atoms with Crippen LogP contribution in [0.2, 0.25) is 0 Å². The quantitative estimate of drug-likeness (QED) is 0.836. The average molecular weight is 261 g/mol. The average Bonchev–Trinajstić information content (AvgIpc) is 2.90. The van der Waals surface area contributed by atoms with Gasteiger partial charge in [0.05, 0.1) is 6.04 Å². The lowest BCUT2D eigenvalue weighted by Crippen LogP contribution is -2.28. The molecule has 1 aliphatic rings. The topological polar surface area (TPSA) is 36.4 Å². The Labute approximate surface area is 115 Å². The van der Waals surface area contributed by atoms with Gasteiger partial charge in [0, 0.05) is 32.8 Å². The highest BCUT2D eigenvalue weighted by atomic mass is 16.2. The largest absolute Gasteiger partial charge is 0.357 e. The fourth-order valence-corrected chi connectivity index (χ4v) is 2.82. The maximum absolute atomic E-state index is 11.6. The van der Waals surface area contributed by atoms with Crippen molar-refractivity contribution in [2.24, 2.45) is 0 Å². The molecule has 1 aromatic rings. The molecule has 0 bridgehead atoms. The van der Waals surface area contributed by atoms with Gasteiger partial charge >= 0.3 is 0 Å². The van der Waals surface area contributed by atoms with Crippen molar-refractivity contribution in [3.63, 3.8) is 0 Å². The molecule has 1 atom stereocenters. The highest BCUT2D eigenvalue weighted by molar-refractivity contribution is 5.74. The van der Waals surface area contributed by atoms with Gasteiger partial charge in [-0.3, -0.25) is 4.79 Å². The second-order valence-corrected chi connectivity index (χ2v) is 4.99. The maximum atomic E-state index is 11.6. The summed E-state index contributed by atoms with van der Waals surface area (Å²) in [7, 11) is 0. The zero-order valence-electron chi connectivity index (χ0n) is 12.1. The fraction of sp³-hybridized carbons (Fsp3) is 0.600. The number of anilines is 1. The predicted molar refractivity (Wildman–Crippen MR) is 77.2 cm³/mol. The highest BCUT2D eigenvalue weighted by Gasteiger charge is 2.27. The molecule has 0 saturated carbocycles. The summed E-state index contributed by atoms with van der Waals surface area (Å²) in [4.78, 5) is 20.3. The van der Waals surface area contributed by atoms with Crippen LogP contribution in [0, 0.1) is 0 Å². The Kier molecular flexibility index (Phi) is 4.40. The predicted octanol–water partition coefficient (Wildman–Crippen LogP) is 2.61. The fourth-order valence-electron chi connectivity index (χ4n) is 2.82. The van der Waals surface area contributed by atoms with Gasteiger partial charge in [0.1, 0.15) is 5.82 Å². The first kappa shape index (κ1) is 13.8. The normalized spacial score (nSPS) is 18.7. The van der Waals surface area contributed by atoms with E-state index in [-0.39, 0.29) is 11.9 Å². The minimum atomic E-state index is 0.162. The summed E-state index contributed by atoms with van der Waals surface area (Å²) in [5.74, 6) is 1.18. The number of carbonyl (C=O) groups excluding carboxylic acids is 1. The Morgan fingerprint density at radius 3 is 2.68 bits per heavy atom. The molecule has 1 fully saturated rings. The van der Waals surface area contributed by atoms with Crippen LogP contribution in [0.5, 0.6) is 0 Å². The van der Waals surface area contributed by atoms with Crippen LogP contribution in [0.15, 0.2) is 18.3 Å². The van der Waals surface area contributed by atoms with Crippen LogP contribution in [0.1, 0.15) is 45.2 Å². The van der Waals surface area contributed by atoms with Crippen molar-refractivity contribution in [1.29, 1.82) is 0 Å². The van der Waals surface area contributed by atoms with Gasteiger partial charge in [-0.2, -0.15) is 0 Å². The number of carbonyl (C=O) groups is 1. The molecule has 1 aromatic heterocycles. The minimum Gasteiger partial charge on any atom is -0.357 e. The molecular formula is C15H23N3O. The number of amides is 1. The first-order chi connectivity index (χ1) is 9.17. The van der Waals surface area contributed by atoms with Gasteiger partial charge in [-0.1, -0.05) is 6.07 Å². The van der Waals surface area contributed by atoms with Crippen LogP contribution >= 0.6 is 0 Å². The third-order valence-corrected chi connectivity index (χ3v) is 3.90. The second-order valence-electron chi connectivity index (χ2n) is 4.99. The van der Waals surface area contributed by atoms with Crippen molar-refractivity contribution in [2.75, 3.05) is 24.5 Å². The van der Waals surface area contributed by atoms with E-state index in [0.717, 1.165) is 43.9 Å². The summed E-state index contributed by atoms with van der Waals surface area (Å²) >= 11 is 0. The molecule has 1 aliphatic heterocycles. The van der Waals surface area contributed by atoms with Crippen molar-refractivity contribution in [2.45, 2.75) is 39.7 Å². The Bertz CT molecular complexity index is 426. The molecule has 4 nitrogen and oxygen atoms in total. The lowest BCUT2D eigenvalue weighted by molar-refractivity contribution is -0.129. The van der Waals surface area contributed by atoms with Gasteiger partial charge in [-0.05, 0) is 38.3 Å². The van der Waals surface area contributed by atoms with Crippen molar-refractivity contribution in [3.8, 4) is 0 Å². The molecule has 0 N–H and O–H groups in total. The van der Waals surface area contributed by atoms with E-state index in [2.05, 4.69) is 35.9 Å². The van der Waals surface area contributed by atoms with Crippen molar-refractivity contribution in [3.05, 3.63) is 23.9 Å². The van der Waals surface area contributed by atoms with E-state index in [0.29, 0.717) is 0 Å². The van der Waals surface area contributed by atoms with Gasteiger partial charge in [0.15, 0.2) is 0 Å². The van der Waals surface area contributed by atoms with E-state index in [1.165, 1.54) is 0 Å². The van der Waals surface area contributed by atoms with E-state index in [1.54, 1.807) is 6.92 Å². The molecule has 104 valence electrons. The number of nitrogens with zero attached hydrogens (tertiary/aromatic N) is 3. The Hall–Kier alpha value is -1.58. The highest BCUT2D eigenvalue weighted by Crippen LogP contribution is 2.31. The third kappa shape index (κ3) is 2.88. The molecule has 19 heavy (non-hydrogen) atoms. The molecule has 2 heterocycles. The Morgan fingerprint density at radius 2 is 2.16 bits per heavy atom. The van der Waals surface area contributed by atoms with Gasteiger partial charge in [0.2, 0.25) is 5.91 Å². The molecule has 1 saturated heterocycles. The molecular weight excluding hydrogens is 238 g/mol. The van der Waals surface area contributed by atoms with Crippen LogP contribution in [0.3, 0.4) is 0 Å². The summed E-state index contributed by atoms with van der Waals surface area (Å²) < 4.78 is 0. The van der Waals surface area contributed by atoms with Gasteiger partial charge < -0.3 is 9.80 Å². The van der Waals surface area contributed by atoms with E-state index in [9.17, 15) is 4.79 Å². The lowest BCUT2D eigenvalue weighted by atomic mass is 10.1. The summed E-state index contributed by atoms with van der Waals surface area (Å²) in [6, 6.07) is 4.40. The number of hydrogen-bond acceptors (Lipinski definition) is 3. The van der Waals surface area contributed by atoms with Gasteiger partial charge in [0.25, 0.3) is 0 Å². The number of rotatable bonds is 4. The first-order valence-electron chi connectivity index (χ1n) is 7.15. The van der Waals surface area contributed by atoms with E-state index in [1.807, 2.05) is 11.1 Å². The summed E-state index contributed by atoms with van der Waals surface area (Å²) in [6.45, 7) is 8.71. The van der Waals surface area contributed by atoms with Gasteiger partial charge in [-0.15, -0.1) is 0 Å². The van der Waals surface area contributed by atoms with Crippen molar-refractivity contribution < 1.29 is 4.79 Å². The van der Waals surface area contributed by atoms with E-state index >= 15 is 0 Å². The number of hydrogen-bond donors (Lipinski definition) is 0. The SMILES string of the molecule is CCN(CC)c1ccc(C2CCCN2C(C)=O)cn1. The zero-order valence-corrected chi connectivity index (χ0v) is 12.1. The Morgan fingerprint density at radius 1 is 1.42 bits per heavy atom. The molecule has 1 unspecified atom stereocenters. The maximum Gasteiger partial charge on any atom is 0.219 e. The number of aromatic nitrogens is 1. The van der Waals surface area contributed by atoms with Gasteiger partial charge in [-0.25, -0.2) is 4.98 Å². The van der Waals surface area contributed by atoms with Crippen LogP contribution in [-0.2, 0) is 4.79 Å². The van der Waals surface area contributed by atoms with Crippen LogP contribution in [0.25, 0.3) is 0 Å². The van der Waals surface area contributed by atoms with Crippen LogP contribution in [-0.4, -0.2) is 35.4 Å². The standard InChI is InChI=1S/C15H23N3O/c1-4-17(5-2)15-9-8-13(11-16-15)14-7-6-10-18(14)12(3)19/h8-9,11,14H,4-7,10H2,1-3H3. The first-order valence-corrected chi connectivity index (χ1v) is 7.15. The molecule has 4 heteroatoms. The van der Waals surface area contributed by atoms with Crippen molar-refractivity contribution >= 4 is 11.7 Å². The summed E-state index contributed by atoms with van der Waals surface area (Å²) in [6.07, 6.45) is 4.06. The van der Waals surface area contributed by atoms with Crippen molar-refractivity contribution in [1.82, 2.24) is 9.88 Å². The minimum absolute atomic E-state index is 0.162. The molecule has 0 aromatic carbocycles. The number of likely N-dealkylation sites (tertiary alicyclic amines) is 1. The second kappa shape index (κ2) is 6.04. The van der Waals surface area contributed by atoms with Crippen LogP contribution in [0.4, 0.5) is 5.82 Å². The molecule has 1 amide bonds.